The summed E-state index contributed by atoms with van der Waals surface area (Å²) in [4.78, 5) is 2.66. The number of ether oxygens (including phenoxy) is 1. The fourth-order valence-corrected chi connectivity index (χ4v) is 3.18. The minimum Gasteiger partial charge on any atom is -0.363 e. The summed E-state index contributed by atoms with van der Waals surface area (Å²) in [5.41, 5.74) is 0.292. The summed E-state index contributed by atoms with van der Waals surface area (Å²) >= 11 is 0. The first-order valence-corrected chi connectivity index (χ1v) is 7.59. The molecule has 3 nitrogen and oxygen atoms in total. The van der Waals surface area contributed by atoms with Gasteiger partial charge in [0.05, 0.1) is 6.61 Å². The van der Waals surface area contributed by atoms with Crippen LogP contribution in [0.5, 0.6) is 0 Å². The average molecular weight is 291 g/mol. The standard InChI is InChI=1S/C15H30N2O.ClH/c1-12(2)17-8-6-5-7-13(17)9-14-16-10-15(3,4)11-18-14;/h12-14,16H,5-11H2,1-4H3;1H. The highest BCUT2D eigenvalue weighted by atomic mass is 35.5. The van der Waals surface area contributed by atoms with Gasteiger partial charge in [-0.2, -0.15) is 0 Å². The van der Waals surface area contributed by atoms with Gasteiger partial charge in [0.15, 0.2) is 0 Å². The van der Waals surface area contributed by atoms with Crippen molar-refractivity contribution < 1.29 is 4.74 Å². The van der Waals surface area contributed by atoms with Crippen molar-refractivity contribution in [3.05, 3.63) is 0 Å². The van der Waals surface area contributed by atoms with Crippen molar-refractivity contribution in [2.24, 2.45) is 5.41 Å². The van der Waals surface area contributed by atoms with Crippen molar-refractivity contribution in [2.45, 2.75) is 71.7 Å². The molecule has 1 N–H and O–H groups in total. The molecule has 2 unspecified atom stereocenters. The van der Waals surface area contributed by atoms with Gasteiger partial charge in [-0.25, -0.2) is 0 Å². The van der Waals surface area contributed by atoms with E-state index in [1.165, 1.54) is 25.8 Å². The highest BCUT2D eigenvalue weighted by molar-refractivity contribution is 5.85. The van der Waals surface area contributed by atoms with Gasteiger partial charge in [-0.05, 0) is 33.2 Å². The molecule has 0 spiro atoms. The van der Waals surface area contributed by atoms with Crippen LogP contribution in [0.1, 0.15) is 53.4 Å². The van der Waals surface area contributed by atoms with E-state index >= 15 is 0 Å². The van der Waals surface area contributed by atoms with Crippen LogP contribution in [-0.2, 0) is 4.74 Å². The van der Waals surface area contributed by atoms with Crippen molar-refractivity contribution in [2.75, 3.05) is 19.7 Å². The van der Waals surface area contributed by atoms with Crippen LogP contribution in [0.25, 0.3) is 0 Å². The summed E-state index contributed by atoms with van der Waals surface area (Å²) in [6, 6.07) is 1.37. The fraction of sp³-hybridized carbons (Fsp3) is 1.00. The number of nitrogens with one attached hydrogen (secondary N) is 1. The molecule has 0 aliphatic carbocycles. The van der Waals surface area contributed by atoms with Crippen molar-refractivity contribution in [1.82, 2.24) is 10.2 Å². The second-order valence-electron chi connectivity index (χ2n) is 7.06. The van der Waals surface area contributed by atoms with E-state index in [0.29, 0.717) is 17.5 Å². The Morgan fingerprint density at radius 2 is 2.05 bits per heavy atom. The Balaban J connectivity index is 0.00000180. The number of piperidine rings is 1. The molecular weight excluding hydrogens is 260 g/mol. The third-order valence-electron chi connectivity index (χ3n) is 4.31. The molecule has 114 valence electrons. The van der Waals surface area contributed by atoms with E-state index in [0.717, 1.165) is 19.6 Å². The van der Waals surface area contributed by atoms with E-state index < -0.39 is 0 Å². The Morgan fingerprint density at radius 1 is 1.32 bits per heavy atom. The van der Waals surface area contributed by atoms with Crippen molar-refractivity contribution in [3.8, 4) is 0 Å². The maximum atomic E-state index is 5.99. The first kappa shape index (κ1) is 17.2. The number of rotatable bonds is 3. The van der Waals surface area contributed by atoms with Crippen molar-refractivity contribution in [1.29, 1.82) is 0 Å². The number of hydrogen-bond acceptors (Lipinski definition) is 3. The molecule has 0 aromatic rings. The molecular formula is C15H31ClN2O. The van der Waals surface area contributed by atoms with Gasteiger partial charge >= 0.3 is 0 Å². The zero-order valence-corrected chi connectivity index (χ0v) is 13.8. The third-order valence-corrected chi connectivity index (χ3v) is 4.31. The molecule has 19 heavy (non-hydrogen) atoms. The molecule has 2 aliphatic heterocycles. The number of likely N-dealkylation sites (tertiary alicyclic amines) is 1. The maximum Gasteiger partial charge on any atom is 0.109 e. The summed E-state index contributed by atoms with van der Waals surface area (Å²) in [7, 11) is 0. The molecule has 0 aromatic heterocycles. The van der Waals surface area contributed by atoms with E-state index in [4.69, 9.17) is 4.74 Å². The molecule has 2 rings (SSSR count). The molecule has 0 amide bonds. The largest absolute Gasteiger partial charge is 0.363 e. The Bertz CT molecular complexity index is 261. The molecule has 0 saturated carbocycles. The second kappa shape index (κ2) is 7.26. The number of halogens is 1. The van der Waals surface area contributed by atoms with E-state index in [-0.39, 0.29) is 18.6 Å². The number of nitrogens with zero attached hydrogens (tertiary/aromatic N) is 1. The minimum absolute atomic E-state index is 0. The van der Waals surface area contributed by atoms with Crippen LogP contribution in [0.2, 0.25) is 0 Å². The van der Waals surface area contributed by atoms with E-state index in [1.54, 1.807) is 0 Å². The summed E-state index contributed by atoms with van der Waals surface area (Å²) < 4.78 is 5.99. The van der Waals surface area contributed by atoms with Crippen LogP contribution < -0.4 is 5.32 Å². The zero-order chi connectivity index (χ0) is 13.2. The highest BCUT2D eigenvalue weighted by Crippen LogP contribution is 2.26. The van der Waals surface area contributed by atoms with Crippen molar-refractivity contribution in [3.63, 3.8) is 0 Å². The Morgan fingerprint density at radius 3 is 2.63 bits per heavy atom. The Kier molecular flexibility index (Phi) is 6.58. The molecule has 2 atom stereocenters. The predicted octanol–water partition coefficient (Wildman–Crippen LogP) is 3.03. The predicted molar refractivity (Wildman–Crippen MR) is 82.9 cm³/mol. The summed E-state index contributed by atoms with van der Waals surface area (Å²) in [5, 5.41) is 3.57. The smallest absolute Gasteiger partial charge is 0.109 e. The van der Waals surface area contributed by atoms with E-state index in [1.807, 2.05) is 0 Å². The lowest BCUT2D eigenvalue weighted by atomic mass is 9.92. The molecule has 2 fully saturated rings. The van der Waals surface area contributed by atoms with Crippen LogP contribution in [0.4, 0.5) is 0 Å². The van der Waals surface area contributed by atoms with Gasteiger partial charge < -0.3 is 4.74 Å². The van der Waals surface area contributed by atoms with Gasteiger partial charge in [0.2, 0.25) is 0 Å². The molecule has 0 radical (unpaired) electrons. The van der Waals surface area contributed by atoms with Crippen LogP contribution in [-0.4, -0.2) is 42.9 Å². The van der Waals surface area contributed by atoms with Crippen LogP contribution >= 0.6 is 12.4 Å². The fourth-order valence-electron chi connectivity index (χ4n) is 3.18. The Hall–Kier alpha value is 0.170. The van der Waals surface area contributed by atoms with Gasteiger partial charge in [-0.15, -0.1) is 12.4 Å². The van der Waals surface area contributed by atoms with Gasteiger partial charge in [0.25, 0.3) is 0 Å². The third kappa shape index (κ3) is 4.89. The number of hydrogen-bond donors (Lipinski definition) is 1. The van der Waals surface area contributed by atoms with E-state index in [2.05, 4.69) is 37.9 Å². The lowest BCUT2D eigenvalue weighted by Gasteiger charge is -2.42. The molecule has 2 aliphatic rings. The molecule has 4 heteroatoms. The molecule has 2 saturated heterocycles. The zero-order valence-electron chi connectivity index (χ0n) is 12.9. The topological polar surface area (TPSA) is 24.5 Å². The van der Waals surface area contributed by atoms with Gasteiger partial charge in [-0.3, -0.25) is 10.2 Å². The summed E-state index contributed by atoms with van der Waals surface area (Å²) in [5.74, 6) is 0. The van der Waals surface area contributed by atoms with Gasteiger partial charge in [0.1, 0.15) is 6.23 Å². The average Bonchev–Trinajstić information content (AvgIpc) is 2.32. The molecule has 2 heterocycles. The normalized spacial score (nSPS) is 32.1. The van der Waals surface area contributed by atoms with Crippen LogP contribution in [0.3, 0.4) is 0 Å². The molecule has 0 aromatic carbocycles. The van der Waals surface area contributed by atoms with E-state index in [9.17, 15) is 0 Å². The monoisotopic (exact) mass is 290 g/mol. The van der Waals surface area contributed by atoms with Crippen molar-refractivity contribution >= 4 is 12.4 Å². The lowest BCUT2D eigenvalue weighted by molar-refractivity contribution is -0.0753. The quantitative estimate of drug-likeness (QED) is 0.865. The Labute approximate surface area is 124 Å². The minimum atomic E-state index is 0. The summed E-state index contributed by atoms with van der Waals surface area (Å²) in [6.07, 6.45) is 5.49. The highest BCUT2D eigenvalue weighted by Gasteiger charge is 2.31. The maximum absolute atomic E-state index is 5.99. The van der Waals surface area contributed by atoms with Gasteiger partial charge in [-0.1, -0.05) is 20.3 Å². The summed E-state index contributed by atoms with van der Waals surface area (Å²) in [6.45, 7) is 12.4. The SMILES string of the molecule is CC(C)N1CCCCC1CC1NCC(C)(C)CO1.Cl. The van der Waals surface area contributed by atoms with Crippen LogP contribution in [0.15, 0.2) is 0 Å². The molecule has 0 bridgehead atoms. The first-order valence-electron chi connectivity index (χ1n) is 7.59. The first-order chi connectivity index (χ1) is 8.48. The van der Waals surface area contributed by atoms with Crippen LogP contribution in [0, 0.1) is 5.41 Å². The lowest BCUT2D eigenvalue weighted by Crippen LogP contribution is -2.52. The second-order valence-corrected chi connectivity index (χ2v) is 7.06. The van der Waals surface area contributed by atoms with Gasteiger partial charge in [0, 0.05) is 30.5 Å².